The van der Waals surface area contributed by atoms with Gasteiger partial charge in [-0.15, -0.1) is 0 Å². The molecule has 0 aliphatic heterocycles. The molecule has 0 saturated heterocycles. The van der Waals surface area contributed by atoms with Crippen molar-refractivity contribution in [1.29, 1.82) is 0 Å². The summed E-state index contributed by atoms with van der Waals surface area (Å²) in [5.41, 5.74) is 5.95. The minimum atomic E-state index is -1.12. The number of anilines is 2. The van der Waals surface area contributed by atoms with Gasteiger partial charge in [-0.1, -0.05) is 0 Å². The molecule has 0 aliphatic carbocycles. The lowest BCUT2D eigenvalue weighted by Gasteiger charge is -2.18. The van der Waals surface area contributed by atoms with Crippen molar-refractivity contribution in [3.63, 3.8) is 0 Å². The highest BCUT2D eigenvalue weighted by Gasteiger charge is 2.19. The van der Waals surface area contributed by atoms with Gasteiger partial charge in [0.15, 0.2) is 11.6 Å². The van der Waals surface area contributed by atoms with Crippen molar-refractivity contribution >= 4 is 17.3 Å². The van der Waals surface area contributed by atoms with Gasteiger partial charge >= 0.3 is 0 Å². The van der Waals surface area contributed by atoms with E-state index in [1.165, 1.54) is 19.1 Å². The molecule has 2 aromatic rings. The van der Waals surface area contributed by atoms with Crippen molar-refractivity contribution in [2.24, 2.45) is 0 Å². The quantitative estimate of drug-likeness (QED) is 0.885. The molecule has 0 aromatic heterocycles. The summed E-state index contributed by atoms with van der Waals surface area (Å²) in [6, 6.07) is 8.32. The van der Waals surface area contributed by atoms with Crippen molar-refractivity contribution in [2.75, 3.05) is 24.8 Å². The maximum Gasteiger partial charge on any atom is 0.260 e. The smallest absolute Gasteiger partial charge is 0.260 e. The average molecular weight is 292 g/mol. The molecule has 0 saturated carbocycles. The van der Waals surface area contributed by atoms with E-state index in [0.717, 1.165) is 12.1 Å². The van der Waals surface area contributed by atoms with Crippen LogP contribution in [-0.4, -0.2) is 20.1 Å². The third-order valence-corrected chi connectivity index (χ3v) is 3.09. The number of carbonyl (C=O) groups is 1. The lowest BCUT2D eigenvalue weighted by atomic mass is 10.1. The SMILES string of the molecule is COc1ccc(N(C)C(=O)c2cc(F)c(F)cc2N)cc1. The molecule has 0 bridgehead atoms. The third kappa shape index (κ3) is 2.94. The lowest BCUT2D eigenvalue weighted by molar-refractivity contribution is 0.0993. The molecule has 21 heavy (non-hydrogen) atoms. The fourth-order valence-corrected chi connectivity index (χ4v) is 1.85. The molecule has 110 valence electrons. The van der Waals surface area contributed by atoms with Crippen molar-refractivity contribution in [3.8, 4) is 5.75 Å². The van der Waals surface area contributed by atoms with Gasteiger partial charge in [-0.25, -0.2) is 8.78 Å². The number of halogens is 2. The van der Waals surface area contributed by atoms with Gasteiger partial charge in [0.1, 0.15) is 5.75 Å². The fourth-order valence-electron chi connectivity index (χ4n) is 1.85. The van der Waals surface area contributed by atoms with Crippen molar-refractivity contribution in [3.05, 3.63) is 53.6 Å². The molecular weight excluding hydrogens is 278 g/mol. The van der Waals surface area contributed by atoms with Crippen LogP contribution in [0.5, 0.6) is 5.75 Å². The summed E-state index contributed by atoms with van der Waals surface area (Å²) in [5, 5.41) is 0. The highest BCUT2D eigenvalue weighted by Crippen LogP contribution is 2.23. The van der Waals surface area contributed by atoms with Crippen molar-refractivity contribution in [1.82, 2.24) is 0 Å². The van der Waals surface area contributed by atoms with E-state index in [1.807, 2.05) is 0 Å². The molecule has 4 nitrogen and oxygen atoms in total. The largest absolute Gasteiger partial charge is 0.497 e. The summed E-state index contributed by atoms with van der Waals surface area (Å²) in [7, 11) is 3.05. The maximum atomic E-state index is 13.3. The number of nitrogens with zero attached hydrogens (tertiary/aromatic N) is 1. The molecule has 0 fully saturated rings. The van der Waals surface area contributed by atoms with E-state index in [-0.39, 0.29) is 11.3 Å². The predicted molar refractivity (Wildman–Crippen MR) is 76.5 cm³/mol. The number of carbonyl (C=O) groups excluding carboxylic acids is 1. The fraction of sp³-hybridized carbons (Fsp3) is 0.133. The molecule has 1 amide bonds. The topological polar surface area (TPSA) is 55.6 Å². The number of hydrogen-bond acceptors (Lipinski definition) is 3. The molecule has 0 aliphatic rings. The van der Waals surface area contributed by atoms with Gasteiger partial charge in [0.05, 0.1) is 12.7 Å². The zero-order valence-electron chi connectivity index (χ0n) is 11.6. The van der Waals surface area contributed by atoms with Crippen LogP contribution in [0.25, 0.3) is 0 Å². The monoisotopic (exact) mass is 292 g/mol. The van der Waals surface area contributed by atoms with Crippen LogP contribution in [0.15, 0.2) is 36.4 Å². The van der Waals surface area contributed by atoms with Crippen LogP contribution in [0.2, 0.25) is 0 Å². The lowest BCUT2D eigenvalue weighted by Crippen LogP contribution is -2.27. The highest BCUT2D eigenvalue weighted by molar-refractivity contribution is 6.09. The molecule has 0 unspecified atom stereocenters. The number of methoxy groups -OCH3 is 1. The maximum absolute atomic E-state index is 13.3. The van der Waals surface area contributed by atoms with Crippen LogP contribution < -0.4 is 15.4 Å². The second kappa shape index (κ2) is 5.78. The minimum absolute atomic E-state index is 0.0905. The predicted octanol–water partition coefficient (Wildman–Crippen LogP) is 2.83. The van der Waals surface area contributed by atoms with Crippen molar-refractivity contribution < 1.29 is 18.3 Å². The van der Waals surface area contributed by atoms with Crippen molar-refractivity contribution in [2.45, 2.75) is 0 Å². The standard InChI is InChI=1S/C15H14F2N2O2/c1-19(9-3-5-10(21-2)6-4-9)15(20)11-7-12(16)13(17)8-14(11)18/h3-8H,18H2,1-2H3. The molecule has 2 rings (SSSR count). The Labute approximate surface area is 120 Å². The Bertz CT molecular complexity index is 672. The highest BCUT2D eigenvalue weighted by atomic mass is 19.2. The van der Waals surface area contributed by atoms with Crippen LogP contribution in [0.4, 0.5) is 20.2 Å². The Hall–Kier alpha value is -2.63. The molecule has 0 heterocycles. The molecular formula is C15H14F2N2O2. The second-order valence-corrected chi connectivity index (χ2v) is 4.42. The Morgan fingerprint density at radius 3 is 2.29 bits per heavy atom. The summed E-state index contributed by atoms with van der Waals surface area (Å²) in [4.78, 5) is 13.6. The first kappa shape index (κ1) is 14.8. The average Bonchev–Trinajstić information content (AvgIpc) is 2.49. The van der Waals surface area contributed by atoms with Gasteiger partial charge in [0.25, 0.3) is 5.91 Å². The molecule has 6 heteroatoms. The summed E-state index contributed by atoms with van der Waals surface area (Å²) >= 11 is 0. The molecule has 0 radical (unpaired) electrons. The van der Waals surface area contributed by atoms with Gasteiger partial charge in [0, 0.05) is 24.5 Å². The van der Waals surface area contributed by atoms with Crippen LogP contribution in [0.1, 0.15) is 10.4 Å². The summed E-state index contributed by atoms with van der Waals surface area (Å²) in [6.07, 6.45) is 0. The number of hydrogen-bond donors (Lipinski definition) is 1. The second-order valence-electron chi connectivity index (χ2n) is 4.42. The summed E-state index contributed by atoms with van der Waals surface area (Å²) in [6.45, 7) is 0. The van der Waals surface area contributed by atoms with Gasteiger partial charge in [-0.05, 0) is 30.3 Å². The zero-order valence-corrected chi connectivity index (χ0v) is 11.6. The first-order valence-corrected chi connectivity index (χ1v) is 6.10. The van der Waals surface area contributed by atoms with E-state index in [0.29, 0.717) is 11.4 Å². The van der Waals surface area contributed by atoms with E-state index < -0.39 is 17.5 Å². The van der Waals surface area contributed by atoms with E-state index >= 15 is 0 Å². The minimum Gasteiger partial charge on any atom is -0.497 e. The first-order valence-electron chi connectivity index (χ1n) is 6.10. The summed E-state index contributed by atoms with van der Waals surface area (Å²) < 4.78 is 31.3. The zero-order chi connectivity index (χ0) is 15.6. The van der Waals surface area contributed by atoms with Crippen LogP contribution in [-0.2, 0) is 0 Å². The molecule has 2 N–H and O–H groups in total. The van der Waals surface area contributed by atoms with Crippen LogP contribution >= 0.6 is 0 Å². The normalized spacial score (nSPS) is 10.3. The summed E-state index contributed by atoms with van der Waals surface area (Å²) in [5.74, 6) is -2.09. The number of nitrogen functional groups attached to an aromatic ring is 1. The molecule has 0 atom stereocenters. The number of ether oxygens (including phenoxy) is 1. The van der Waals surface area contributed by atoms with Gasteiger partial charge in [-0.3, -0.25) is 4.79 Å². The van der Waals surface area contributed by atoms with E-state index in [4.69, 9.17) is 10.5 Å². The number of amides is 1. The van der Waals surface area contributed by atoms with Crippen LogP contribution in [0.3, 0.4) is 0 Å². The van der Waals surface area contributed by atoms with Crippen LogP contribution in [0, 0.1) is 11.6 Å². The van der Waals surface area contributed by atoms with E-state index in [2.05, 4.69) is 0 Å². The Morgan fingerprint density at radius 1 is 1.14 bits per heavy atom. The third-order valence-electron chi connectivity index (χ3n) is 3.09. The first-order chi connectivity index (χ1) is 9.93. The number of rotatable bonds is 3. The Kier molecular flexibility index (Phi) is 4.07. The van der Waals surface area contributed by atoms with Gasteiger partial charge in [-0.2, -0.15) is 0 Å². The Balaban J connectivity index is 2.32. The van der Waals surface area contributed by atoms with Gasteiger partial charge in [0.2, 0.25) is 0 Å². The Morgan fingerprint density at radius 2 is 1.71 bits per heavy atom. The van der Waals surface area contributed by atoms with Gasteiger partial charge < -0.3 is 15.4 Å². The van der Waals surface area contributed by atoms with E-state index in [1.54, 1.807) is 24.3 Å². The molecule has 0 spiro atoms. The number of benzene rings is 2. The van der Waals surface area contributed by atoms with E-state index in [9.17, 15) is 13.6 Å². The number of nitrogens with two attached hydrogens (primary N) is 1. The molecule has 2 aromatic carbocycles.